The van der Waals surface area contributed by atoms with Crippen LogP contribution in [0.3, 0.4) is 0 Å². The van der Waals surface area contributed by atoms with Gasteiger partial charge in [-0.15, -0.1) is 0 Å². The zero-order valence-electron chi connectivity index (χ0n) is 14.9. The van der Waals surface area contributed by atoms with Gasteiger partial charge in [-0.25, -0.2) is 0 Å². The van der Waals surface area contributed by atoms with Crippen molar-refractivity contribution in [3.05, 3.63) is 69.9 Å². The van der Waals surface area contributed by atoms with E-state index in [1.54, 1.807) is 30.0 Å². The minimum atomic E-state index is -0.204. The minimum absolute atomic E-state index is 0.138. The lowest BCUT2D eigenvalue weighted by Gasteiger charge is -2.17. The number of rotatable bonds is 2. The minimum Gasteiger partial charge on any atom is -0.455 e. The van der Waals surface area contributed by atoms with Crippen LogP contribution in [0.5, 0.6) is 0 Å². The van der Waals surface area contributed by atoms with Gasteiger partial charge in [0, 0.05) is 24.2 Å². The smallest absolute Gasteiger partial charge is 0.257 e. The molecule has 0 aliphatic carbocycles. The van der Waals surface area contributed by atoms with Gasteiger partial charge < -0.3 is 9.32 Å². The van der Waals surface area contributed by atoms with Gasteiger partial charge in [0.1, 0.15) is 5.76 Å². The summed E-state index contributed by atoms with van der Waals surface area (Å²) in [6.07, 6.45) is 0.672. The van der Waals surface area contributed by atoms with Crippen molar-refractivity contribution in [1.29, 1.82) is 5.26 Å². The lowest BCUT2D eigenvalue weighted by molar-refractivity contribution is 0.0790. The molecule has 134 valence electrons. The van der Waals surface area contributed by atoms with E-state index in [2.05, 4.69) is 6.07 Å². The number of fused-ring (bicyclic) bond motifs is 1. The molecule has 0 bridgehead atoms. The van der Waals surface area contributed by atoms with E-state index in [4.69, 9.17) is 9.68 Å². The molecular formula is C22H18N2O3. The highest BCUT2D eigenvalue weighted by molar-refractivity contribution is 6.05. The molecule has 1 unspecified atom stereocenters. The van der Waals surface area contributed by atoms with E-state index in [1.165, 1.54) is 0 Å². The number of para-hydroxylation sites is 1. The van der Waals surface area contributed by atoms with Crippen LogP contribution in [0.2, 0.25) is 0 Å². The van der Waals surface area contributed by atoms with Crippen LogP contribution < -0.4 is 5.43 Å². The summed E-state index contributed by atoms with van der Waals surface area (Å²) in [6, 6.07) is 16.7. The van der Waals surface area contributed by atoms with Crippen molar-refractivity contribution in [2.24, 2.45) is 5.92 Å². The topological polar surface area (TPSA) is 74.3 Å². The molecule has 1 fully saturated rings. The number of nitrogens with zero attached hydrogens (tertiary/aromatic N) is 2. The zero-order valence-corrected chi connectivity index (χ0v) is 14.9. The van der Waals surface area contributed by atoms with Crippen molar-refractivity contribution in [3.63, 3.8) is 0 Å². The monoisotopic (exact) mass is 358 g/mol. The first kappa shape index (κ1) is 17.0. The van der Waals surface area contributed by atoms with Gasteiger partial charge in [0.2, 0.25) is 0 Å². The Bertz CT molecular complexity index is 1130. The number of amides is 1. The van der Waals surface area contributed by atoms with E-state index in [9.17, 15) is 9.59 Å². The summed E-state index contributed by atoms with van der Waals surface area (Å²) in [5.41, 5.74) is 1.84. The first-order valence-electron chi connectivity index (χ1n) is 8.91. The van der Waals surface area contributed by atoms with E-state index in [0.717, 1.165) is 5.56 Å². The van der Waals surface area contributed by atoms with Crippen molar-refractivity contribution in [2.45, 2.75) is 13.3 Å². The van der Waals surface area contributed by atoms with Gasteiger partial charge >= 0.3 is 0 Å². The van der Waals surface area contributed by atoms with E-state index >= 15 is 0 Å². The molecule has 5 heteroatoms. The molecule has 1 aromatic heterocycles. The number of carbonyl (C=O) groups is 1. The van der Waals surface area contributed by atoms with Gasteiger partial charge in [0.25, 0.3) is 5.91 Å². The Hall–Kier alpha value is -3.39. The number of hydrogen-bond donors (Lipinski definition) is 0. The van der Waals surface area contributed by atoms with Crippen molar-refractivity contribution in [1.82, 2.24) is 4.90 Å². The summed E-state index contributed by atoms with van der Waals surface area (Å²) in [7, 11) is 0. The standard InChI is InChI=1S/C22H18N2O3/c1-14-19(25)17-8-5-9-18(22(26)24-11-10-15(12-23)13-24)21(17)27-20(14)16-6-3-2-4-7-16/h2-9,15H,10-11,13H2,1H3. The average Bonchev–Trinajstić information content (AvgIpc) is 3.19. The third-order valence-electron chi connectivity index (χ3n) is 5.07. The largest absolute Gasteiger partial charge is 0.455 e. The second-order valence-electron chi connectivity index (χ2n) is 6.80. The normalized spacial score (nSPS) is 16.4. The molecule has 27 heavy (non-hydrogen) atoms. The Morgan fingerprint density at radius 2 is 1.96 bits per heavy atom. The average molecular weight is 358 g/mol. The molecule has 0 spiro atoms. The Balaban J connectivity index is 1.88. The highest BCUT2D eigenvalue weighted by atomic mass is 16.3. The molecule has 4 rings (SSSR count). The molecule has 0 saturated carbocycles. The van der Waals surface area contributed by atoms with Crippen molar-refractivity contribution >= 4 is 16.9 Å². The molecule has 1 atom stereocenters. The van der Waals surface area contributed by atoms with Crippen LogP contribution in [0, 0.1) is 24.2 Å². The van der Waals surface area contributed by atoms with Gasteiger partial charge in [0.15, 0.2) is 11.0 Å². The SMILES string of the molecule is Cc1c(-c2ccccc2)oc2c(C(=O)N3CCC(C#N)C3)cccc2c1=O. The van der Waals surface area contributed by atoms with Gasteiger partial charge in [-0.05, 0) is 25.5 Å². The van der Waals surface area contributed by atoms with Crippen molar-refractivity contribution in [3.8, 4) is 17.4 Å². The third kappa shape index (κ3) is 2.89. The Labute approximate surface area is 156 Å². The van der Waals surface area contributed by atoms with Gasteiger partial charge in [-0.3, -0.25) is 9.59 Å². The van der Waals surface area contributed by atoms with Crippen LogP contribution in [-0.4, -0.2) is 23.9 Å². The molecular weight excluding hydrogens is 340 g/mol. The molecule has 1 aliphatic heterocycles. The Morgan fingerprint density at radius 1 is 1.19 bits per heavy atom. The van der Waals surface area contributed by atoms with Gasteiger partial charge in [0.05, 0.1) is 22.9 Å². The number of carbonyl (C=O) groups excluding carboxylic acids is 1. The third-order valence-corrected chi connectivity index (χ3v) is 5.07. The second kappa shape index (κ2) is 6.73. The summed E-state index contributed by atoms with van der Waals surface area (Å²) in [6.45, 7) is 2.68. The van der Waals surface area contributed by atoms with Crippen molar-refractivity contribution < 1.29 is 9.21 Å². The fraction of sp³-hybridized carbons (Fsp3) is 0.227. The van der Waals surface area contributed by atoms with E-state index < -0.39 is 0 Å². The van der Waals surface area contributed by atoms with E-state index in [1.807, 2.05) is 30.3 Å². The molecule has 2 heterocycles. The first-order chi connectivity index (χ1) is 13.1. The summed E-state index contributed by atoms with van der Waals surface area (Å²) >= 11 is 0. The molecule has 5 nitrogen and oxygen atoms in total. The molecule has 2 aromatic carbocycles. The maximum Gasteiger partial charge on any atom is 0.257 e. The second-order valence-corrected chi connectivity index (χ2v) is 6.80. The predicted molar refractivity (Wildman–Crippen MR) is 102 cm³/mol. The van der Waals surface area contributed by atoms with Gasteiger partial charge in [-0.1, -0.05) is 36.4 Å². The highest BCUT2D eigenvalue weighted by Crippen LogP contribution is 2.28. The van der Waals surface area contributed by atoms with Crippen LogP contribution in [0.15, 0.2) is 57.7 Å². The summed E-state index contributed by atoms with van der Waals surface area (Å²) in [5, 5.41) is 9.49. The van der Waals surface area contributed by atoms with Crippen LogP contribution in [0.1, 0.15) is 22.3 Å². The molecule has 1 saturated heterocycles. The fourth-order valence-electron chi connectivity index (χ4n) is 3.56. The lowest BCUT2D eigenvalue weighted by Crippen LogP contribution is -2.29. The number of hydrogen-bond acceptors (Lipinski definition) is 4. The lowest BCUT2D eigenvalue weighted by atomic mass is 10.0. The van der Waals surface area contributed by atoms with E-state index in [0.29, 0.717) is 47.4 Å². The van der Waals surface area contributed by atoms with Crippen molar-refractivity contribution in [2.75, 3.05) is 13.1 Å². The van der Waals surface area contributed by atoms with Crippen LogP contribution in [0.4, 0.5) is 0 Å². The first-order valence-corrected chi connectivity index (χ1v) is 8.91. The van der Waals surface area contributed by atoms with Crippen LogP contribution in [-0.2, 0) is 0 Å². The van der Waals surface area contributed by atoms with Crippen LogP contribution >= 0.6 is 0 Å². The Morgan fingerprint density at radius 3 is 2.67 bits per heavy atom. The number of likely N-dealkylation sites (tertiary alicyclic amines) is 1. The Kier molecular flexibility index (Phi) is 4.25. The maximum atomic E-state index is 13.0. The van der Waals surface area contributed by atoms with Gasteiger partial charge in [-0.2, -0.15) is 5.26 Å². The van der Waals surface area contributed by atoms with Crippen LogP contribution in [0.25, 0.3) is 22.3 Å². The fourth-order valence-corrected chi connectivity index (χ4v) is 3.56. The molecule has 1 amide bonds. The molecule has 0 N–H and O–H groups in total. The highest BCUT2D eigenvalue weighted by Gasteiger charge is 2.28. The summed E-state index contributed by atoms with van der Waals surface area (Å²) < 4.78 is 6.11. The molecule has 3 aromatic rings. The number of nitriles is 1. The zero-order chi connectivity index (χ0) is 19.0. The molecule has 0 radical (unpaired) electrons. The summed E-state index contributed by atoms with van der Waals surface area (Å²) in [5.74, 6) is 0.132. The predicted octanol–water partition coefficient (Wildman–Crippen LogP) is 3.75. The summed E-state index contributed by atoms with van der Waals surface area (Å²) in [4.78, 5) is 27.6. The van der Waals surface area contributed by atoms with E-state index in [-0.39, 0.29) is 17.3 Å². The quantitative estimate of drug-likeness (QED) is 0.699. The maximum absolute atomic E-state index is 13.0. The number of benzene rings is 2. The molecule has 1 aliphatic rings.